The molecule has 0 bridgehead atoms. The molecule has 0 radical (unpaired) electrons. The lowest BCUT2D eigenvalue weighted by Gasteiger charge is -2.12. The highest BCUT2D eigenvalue weighted by atomic mass is 32.2. The molecule has 0 aliphatic heterocycles. The van der Waals surface area contributed by atoms with Gasteiger partial charge in [0.2, 0.25) is 5.91 Å². The molecule has 1 amide bonds. The van der Waals surface area contributed by atoms with E-state index in [1.54, 1.807) is 37.8 Å². The van der Waals surface area contributed by atoms with Crippen LogP contribution in [0.15, 0.2) is 41.8 Å². The summed E-state index contributed by atoms with van der Waals surface area (Å²) in [7, 11) is 1.68. The molecule has 2 aromatic heterocycles. The number of hydrogen-bond acceptors (Lipinski definition) is 5. The molecule has 2 aromatic rings. The Morgan fingerprint density at radius 3 is 2.71 bits per heavy atom. The normalized spacial score (nSPS) is 11.9. The molecule has 2 heterocycles. The molecular formula is C13H14N4O3S. The number of hydrogen-bond donors (Lipinski definition) is 2. The topological polar surface area (TPSA) is 97.1 Å². The van der Waals surface area contributed by atoms with Crippen LogP contribution >= 0.6 is 11.8 Å². The van der Waals surface area contributed by atoms with Gasteiger partial charge in [-0.15, -0.1) is 11.8 Å². The second-order valence-electron chi connectivity index (χ2n) is 4.26. The van der Waals surface area contributed by atoms with Gasteiger partial charge in [0, 0.05) is 36.1 Å². The van der Waals surface area contributed by atoms with Crippen LogP contribution in [-0.4, -0.2) is 37.5 Å². The Morgan fingerprint density at radius 2 is 2.14 bits per heavy atom. The van der Waals surface area contributed by atoms with Gasteiger partial charge in [-0.3, -0.25) is 14.5 Å². The van der Waals surface area contributed by atoms with Gasteiger partial charge in [-0.2, -0.15) is 5.10 Å². The quantitative estimate of drug-likeness (QED) is 0.768. The van der Waals surface area contributed by atoms with Gasteiger partial charge in [0.15, 0.2) is 6.04 Å². The van der Waals surface area contributed by atoms with E-state index in [-0.39, 0.29) is 11.7 Å². The summed E-state index contributed by atoms with van der Waals surface area (Å²) in [6.45, 7) is 0. The van der Waals surface area contributed by atoms with Crippen molar-refractivity contribution >= 4 is 23.6 Å². The molecule has 0 fully saturated rings. The lowest BCUT2D eigenvalue weighted by Crippen LogP contribution is -2.34. The fourth-order valence-corrected chi connectivity index (χ4v) is 2.36. The summed E-state index contributed by atoms with van der Waals surface area (Å²) in [4.78, 5) is 27.9. The molecule has 2 N–H and O–H groups in total. The number of aromatic nitrogens is 3. The number of nitrogens with one attached hydrogen (secondary N) is 1. The van der Waals surface area contributed by atoms with Crippen LogP contribution in [-0.2, 0) is 16.6 Å². The van der Waals surface area contributed by atoms with Crippen LogP contribution in [0.5, 0.6) is 0 Å². The van der Waals surface area contributed by atoms with Crippen LogP contribution in [0, 0.1) is 0 Å². The van der Waals surface area contributed by atoms with Crippen LogP contribution in [0.2, 0.25) is 0 Å². The number of carboxylic acid groups (broad SMARTS) is 1. The van der Waals surface area contributed by atoms with Crippen LogP contribution < -0.4 is 5.32 Å². The third-order valence-electron chi connectivity index (χ3n) is 2.63. The SMILES string of the molecule is Cn1cc(C(NC(=O)CSc2ccncc2)C(=O)O)cn1. The Bertz CT molecular complexity index is 629. The molecule has 2 rings (SSSR count). The van der Waals surface area contributed by atoms with E-state index < -0.39 is 12.0 Å². The van der Waals surface area contributed by atoms with Crippen LogP contribution in [0.4, 0.5) is 0 Å². The maximum atomic E-state index is 11.9. The number of rotatable bonds is 6. The van der Waals surface area contributed by atoms with E-state index in [0.29, 0.717) is 5.56 Å². The molecule has 0 aliphatic carbocycles. The molecule has 110 valence electrons. The number of aliphatic carboxylic acids is 1. The molecule has 0 aromatic carbocycles. The summed E-state index contributed by atoms with van der Waals surface area (Å²) in [5, 5.41) is 15.6. The standard InChI is InChI=1S/C13H14N4O3S/c1-17-7-9(6-15-17)12(13(19)20)16-11(18)8-21-10-2-4-14-5-3-10/h2-7,12H,8H2,1H3,(H,16,18)(H,19,20). The zero-order valence-electron chi connectivity index (χ0n) is 11.3. The highest BCUT2D eigenvalue weighted by Gasteiger charge is 2.23. The molecule has 0 saturated heterocycles. The van der Waals surface area contributed by atoms with E-state index in [4.69, 9.17) is 0 Å². The average Bonchev–Trinajstić information content (AvgIpc) is 2.89. The van der Waals surface area contributed by atoms with E-state index in [1.165, 1.54) is 22.6 Å². The lowest BCUT2D eigenvalue weighted by atomic mass is 10.1. The van der Waals surface area contributed by atoms with Crippen molar-refractivity contribution in [2.45, 2.75) is 10.9 Å². The zero-order valence-corrected chi connectivity index (χ0v) is 12.1. The van der Waals surface area contributed by atoms with Crippen molar-refractivity contribution in [1.29, 1.82) is 0 Å². The fourth-order valence-electron chi connectivity index (χ4n) is 1.66. The second kappa shape index (κ2) is 6.89. The molecule has 1 atom stereocenters. The van der Waals surface area contributed by atoms with Crippen LogP contribution in [0.1, 0.15) is 11.6 Å². The van der Waals surface area contributed by atoms with E-state index in [0.717, 1.165) is 4.90 Å². The lowest BCUT2D eigenvalue weighted by molar-refractivity contribution is -0.141. The van der Waals surface area contributed by atoms with Gasteiger partial charge in [0.1, 0.15) is 0 Å². The van der Waals surface area contributed by atoms with Gasteiger partial charge in [0.05, 0.1) is 11.9 Å². The van der Waals surface area contributed by atoms with Crippen molar-refractivity contribution in [2.75, 3.05) is 5.75 Å². The van der Waals surface area contributed by atoms with Crippen molar-refractivity contribution in [3.8, 4) is 0 Å². The van der Waals surface area contributed by atoms with Gasteiger partial charge in [-0.25, -0.2) is 4.79 Å². The maximum Gasteiger partial charge on any atom is 0.331 e. The van der Waals surface area contributed by atoms with Crippen LogP contribution in [0.3, 0.4) is 0 Å². The number of nitrogens with zero attached hydrogens (tertiary/aromatic N) is 3. The highest BCUT2D eigenvalue weighted by molar-refractivity contribution is 8.00. The van der Waals surface area contributed by atoms with Crippen molar-refractivity contribution in [2.24, 2.45) is 7.05 Å². The summed E-state index contributed by atoms with van der Waals surface area (Å²) >= 11 is 1.32. The highest BCUT2D eigenvalue weighted by Crippen LogP contribution is 2.17. The number of amides is 1. The minimum atomic E-state index is -1.12. The molecule has 0 spiro atoms. The third kappa shape index (κ3) is 4.32. The number of thioether (sulfide) groups is 1. The molecule has 0 saturated carbocycles. The molecular weight excluding hydrogens is 292 g/mol. The Hall–Kier alpha value is -2.35. The summed E-state index contributed by atoms with van der Waals surface area (Å²) in [6, 6.07) is 2.48. The number of carbonyl (C=O) groups excluding carboxylic acids is 1. The van der Waals surface area contributed by atoms with Crippen molar-refractivity contribution in [3.63, 3.8) is 0 Å². The van der Waals surface area contributed by atoms with Gasteiger partial charge in [0.25, 0.3) is 0 Å². The average molecular weight is 306 g/mol. The molecule has 7 nitrogen and oxygen atoms in total. The van der Waals surface area contributed by atoms with Crippen molar-refractivity contribution in [3.05, 3.63) is 42.5 Å². The fraction of sp³-hybridized carbons (Fsp3) is 0.231. The van der Waals surface area contributed by atoms with Crippen molar-refractivity contribution in [1.82, 2.24) is 20.1 Å². The molecule has 21 heavy (non-hydrogen) atoms. The number of pyridine rings is 1. The summed E-state index contributed by atoms with van der Waals surface area (Å²) in [5.41, 5.74) is 0.437. The molecule has 8 heteroatoms. The largest absolute Gasteiger partial charge is 0.479 e. The minimum Gasteiger partial charge on any atom is -0.479 e. The Balaban J connectivity index is 1.94. The minimum absolute atomic E-state index is 0.133. The Labute approximate surface area is 125 Å². The third-order valence-corrected chi connectivity index (χ3v) is 3.64. The monoisotopic (exact) mass is 306 g/mol. The first kappa shape index (κ1) is 15.0. The second-order valence-corrected chi connectivity index (χ2v) is 5.31. The first-order valence-electron chi connectivity index (χ1n) is 6.10. The first-order chi connectivity index (χ1) is 10.1. The maximum absolute atomic E-state index is 11.9. The number of carboxylic acids is 1. The van der Waals surface area contributed by atoms with E-state index in [1.807, 2.05) is 0 Å². The number of carbonyl (C=O) groups is 2. The van der Waals surface area contributed by atoms with E-state index in [2.05, 4.69) is 15.4 Å². The van der Waals surface area contributed by atoms with E-state index in [9.17, 15) is 14.7 Å². The summed E-state index contributed by atoms with van der Waals surface area (Å²) in [5.74, 6) is -1.34. The predicted octanol–water partition coefficient (Wildman–Crippen LogP) is 0.849. The Morgan fingerprint density at radius 1 is 1.43 bits per heavy atom. The summed E-state index contributed by atoms with van der Waals surface area (Å²) < 4.78 is 1.49. The van der Waals surface area contributed by atoms with Crippen molar-refractivity contribution < 1.29 is 14.7 Å². The van der Waals surface area contributed by atoms with E-state index >= 15 is 0 Å². The predicted molar refractivity (Wildman–Crippen MR) is 76.7 cm³/mol. The molecule has 1 unspecified atom stereocenters. The van der Waals surface area contributed by atoms with Gasteiger partial charge < -0.3 is 10.4 Å². The summed E-state index contributed by atoms with van der Waals surface area (Å²) in [6.07, 6.45) is 6.26. The Kier molecular flexibility index (Phi) is 4.94. The van der Waals surface area contributed by atoms with Gasteiger partial charge >= 0.3 is 5.97 Å². The van der Waals surface area contributed by atoms with Gasteiger partial charge in [-0.05, 0) is 12.1 Å². The zero-order chi connectivity index (χ0) is 15.2. The van der Waals surface area contributed by atoms with Crippen LogP contribution in [0.25, 0.3) is 0 Å². The first-order valence-corrected chi connectivity index (χ1v) is 7.08. The number of aryl methyl sites for hydroxylation is 1. The molecule has 0 aliphatic rings. The smallest absolute Gasteiger partial charge is 0.331 e. The van der Waals surface area contributed by atoms with Gasteiger partial charge in [-0.1, -0.05) is 0 Å².